The first-order valence-corrected chi connectivity index (χ1v) is 21.4. The highest BCUT2D eigenvalue weighted by atomic mass is 16.3. The summed E-state index contributed by atoms with van der Waals surface area (Å²) >= 11 is 0. The Morgan fingerprint density at radius 1 is 0.742 bits per heavy atom. The number of hydrogen-bond donors (Lipinski definition) is 1. The Bertz CT molecular complexity index is 3100. The fourth-order valence-electron chi connectivity index (χ4n) is 10.3. The smallest absolute Gasteiger partial charge is 0.143 e. The molecular weight excluding hydrogens is 757 g/mol. The number of benzene rings is 6. The summed E-state index contributed by atoms with van der Waals surface area (Å²) in [6.45, 7) is 19.3. The van der Waals surface area contributed by atoms with Crippen molar-refractivity contribution in [2.24, 2.45) is 7.05 Å². The third-order valence-electron chi connectivity index (χ3n) is 13.1. The number of nitrogens with zero attached hydrogens (tertiary/aromatic N) is 2. The van der Waals surface area contributed by atoms with Gasteiger partial charge in [-0.25, -0.2) is 0 Å². The molecule has 304 valence electrons. The van der Waals surface area contributed by atoms with Gasteiger partial charge in [-0.3, -0.25) is 4.79 Å². The van der Waals surface area contributed by atoms with Gasteiger partial charge in [0, 0.05) is 40.3 Å². The molecule has 1 N–H and O–H groups in total. The molecule has 2 aliphatic rings. The number of phenols is 1. The zero-order chi connectivity index (χ0) is 43.1. The average molecular weight is 807 g/mol. The molecule has 7 aromatic rings. The molecule has 0 saturated carbocycles. The largest absolute Gasteiger partial charge is 0.508 e. The number of para-hydroxylation sites is 1. The van der Waals surface area contributed by atoms with Crippen molar-refractivity contribution in [3.63, 3.8) is 0 Å². The third-order valence-corrected chi connectivity index (χ3v) is 13.1. The summed E-state index contributed by atoms with van der Waals surface area (Å²) in [4.78, 5) is 15.1. The number of allylic oxidation sites excluding steroid dienone is 7. The Hall–Kier alpha value is -7.43. The van der Waals surface area contributed by atoms with E-state index in [1.54, 1.807) is 24.3 Å². The molecule has 0 amide bonds. The summed E-state index contributed by atoms with van der Waals surface area (Å²) in [6, 6.07) is 38.4. The van der Waals surface area contributed by atoms with Crippen LogP contribution in [0.3, 0.4) is 0 Å². The first kappa shape index (κ1) is 40.0. The zero-order valence-electron chi connectivity index (χ0n) is 35.5. The molecule has 1 atom stereocenters. The Morgan fingerprint density at radius 2 is 1.47 bits per heavy atom. The minimum Gasteiger partial charge on any atom is -0.508 e. The van der Waals surface area contributed by atoms with Crippen molar-refractivity contribution in [1.29, 1.82) is 0 Å². The summed E-state index contributed by atoms with van der Waals surface area (Å²) in [6.07, 6.45) is 20.7. The lowest BCUT2D eigenvalue weighted by molar-refractivity contribution is -0.104. The van der Waals surface area contributed by atoms with E-state index in [2.05, 4.69) is 128 Å². The molecule has 2 aliphatic carbocycles. The first-order valence-electron chi connectivity index (χ1n) is 21.4. The highest BCUT2D eigenvalue weighted by Gasteiger charge is 2.48. The van der Waals surface area contributed by atoms with Gasteiger partial charge in [-0.1, -0.05) is 123 Å². The molecule has 9 rings (SSSR count). The fourth-order valence-corrected chi connectivity index (χ4v) is 10.3. The molecule has 0 saturated heterocycles. The second kappa shape index (κ2) is 16.2. The second-order valence-electron chi connectivity index (χ2n) is 16.2. The Morgan fingerprint density at radius 3 is 2.19 bits per heavy atom. The van der Waals surface area contributed by atoms with Crippen LogP contribution in [0.5, 0.6) is 5.75 Å². The van der Waals surface area contributed by atoms with E-state index in [9.17, 15) is 9.90 Å². The van der Waals surface area contributed by atoms with Gasteiger partial charge in [-0.05, 0) is 155 Å². The number of aromatic nitrogens is 1. The minimum absolute atomic E-state index is 0.159. The van der Waals surface area contributed by atoms with E-state index in [-0.39, 0.29) is 5.75 Å². The number of aryl methyl sites for hydroxylation is 3. The van der Waals surface area contributed by atoms with E-state index >= 15 is 0 Å². The van der Waals surface area contributed by atoms with Crippen molar-refractivity contribution in [3.8, 4) is 28.0 Å². The van der Waals surface area contributed by atoms with E-state index in [1.807, 2.05) is 55.5 Å². The molecule has 0 fully saturated rings. The highest BCUT2D eigenvalue weighted by Crippen LogP contribution is 2.60. The number of phenolic OH excluding ortho intramolecular Hbond substituents is 1. The maximum absolute atomic E-state index is 12.9. The van der Waals surface area contributed by atoms with Crippen LogP contribution in [0.1, 0.15) is 58.7 Å². The Balaban J connectivity index is 1.41. The number of hydrogen-bond acceptors (Lipinski definition) is 3. The van der Waals surface area contributed by atoms with Crippen LogP contribution >= 0.6 is 0 Å². The van der Waals surface area contributed by atoms with Crippen LogP contribution in [0.25, 0.3) is 56.2 Å². The highest BCUT2D eigenvalue weighted by molar-refractivity contribution is 6.09. The van der Waals surface area contributed by atoms with Gasteiger partial charge in [0.05, 0.1) is 16.6 Å². The number of fused-ring (bicyclic) bond motifs is 7. The lowest BCUT2D eigenvalue weighted by Crippen LogP contribution is -2.30. The Kier molecular flexibility index (Phi) is 10.5. The van der Waals surface area contributed by atoms with Crippen LogP contribution in [0.15, 0.2) is 183 Å². The molecule has 1 aromatic heterocycles. The standard InChI is InChI=1S/C58H50N2O2/c1-7-16-42(32-33-61)58(43-25-28-46(62)29-26-43)52-35-41(40-23-22-38-18-12-13-19-39(38)34-40)24-30-51(52)57-48(11-5)47(10-4)56(37-53(57)58)60(44(9-3)17-8-2)45-27-31-50-49-20-14-15-21-54(49)59(6)55(50)36-45/h7-11,14-17,20-37,62H,2-5,12-13,18-19H2,1,6H3/b16-7-,42-32+,44-17+. The molecule has 0 radical (unpaired) electrons. The van der Waals surface area contributed by atoms with Gasteiger partial charge in [-0.15, -0.1) is 0 Å². The van der Waals surface area contributed by atoms with Crippen molar-refractivity contribution < 1.29 is 9.90 Å². The molecule has 0 bridgehead atoms. The summed E-state index contributed by atoms with van der Waals surface area (Å²) in [5.41, 5.74) is 16.5. The average Bonchev–Trinajstić information content (AvgIpc) is 3.76. The van der Waals surface area contributed by atoms with E-state index in [0.29, 0.717) is 0 Å². The molecule has 1 heterocycles. The molecule has 4 nitrogen and oxygen atoms in total. The van der Waals surface area contributed by atoms with Gasteiger partial charge < -0.3 is 14.6 Å². The SMILES string of the molecule is C=C/C=C(\C=C)N(c1ccc2c3ccccc3n(C)c2c1)c1cc2c(c(C=C)c1C=C)-c1ccc(-c3ccc4c(c3)CCCC4)cc1C2(C(/C=C\C)=C/C=O)c1ccc(O)cc1. The summed E-state index contributed by atoms with van der Waals surface area (Å²) in [5, 5.41) is 13.1. The van der Waals surface area contributed by atoms with Crippen LogP contribution in [-0.2, 0) is 30.1 Å². The van der Waals surface area contributed by atoms with Gasteiger partial charge in [0.15, 0.2) is 0 Å². The maximum Gasteiger partial charge on any atom is 0.143 e. The maximum atomic E-state index is 12.9. The molecule has 6 aromatic carbocycles. The van der Waals surface area contributed by atoms with Gasteiger partial charge in [-0.2, -0.15) is 0 Å². The summed E-state index contributed by atoms with van der Waals surface area (Å²) in [7, 11) is 2.11. The van der Waals surface area contributed by atoms with Gasteiger partial charge in [0.2, 0.25) is 0 Å². The predicted octanol–water partition coefficient (Wildman–Crippen LogP) is 14.3. The second-order valence-corrected chi connectivity index (χ2v) is 16.2. The number of carbonyl (C=O) groups is 1. The van der Waals surface area contributed by atoms with Crippen LogP contribution in [0.4, 0.5) is 11.4 Å². The molecule has 0 aliphatic heterocycles. The molecule has 4 heteroatoms. The quantitative estimate of drug-likeness (QED) is 0.0760. The zero-order valence-corrected chi connectivity index (χ0v) is 35.5. The summed E-state index contributed by atoms with van der Waals surface area (Å²) in [5.74, 6) is 0.159. The molecule has 1 unspecified atom stereocenters. The Labute approximate surface area is 364 Å². The van der Waals surface area contributed by atoms with Crippen LogP contribution in [0, 0.1) is 0 Å². The van der Waals surface area contributed by atoms with Crippen LogP contribution in [-0.4, -0.2) is 16.0 Å². The number of carbonyl (C=O) groups excluding carboxylic acids is 1. The first-order chi connectivity index (χ1) is 30.3. The van der Waals surface area contributed by atoms with Crippen molar-refractivity contribution in [2.45, 2.75) is 38.0 Å². The number of rotatable bonds is 12. The van der Waals surface area contributed by atoms with E-state index in [0.717, 1.165) is 108 Å². The van der Waals surface area contributed by atoms with Gasteiger partial charge in [0.25, 0.3) is 0 Å². The van der Waals surface area contributed by atoms with Gasteiger partial charge >= 0.3 is 0 Å². The van der Waals surface area contributed by atoms with Crippen molar-refractivity contribution in [3.05, 3.63) is 222 Å². The number of anilines is 2. The normalized spacial score (nSPS) is 15.9. The topological polar surface area (TPSA) is 45.5 Å². The summed E-state index contributed by atoms with van der Waals surface area (Å²) < 4.78 is 2.24. The molecule has 0 spiro atoms. The van der Waals surface area contributed by atoms with Crippen LogP contribution < -0.4 is 4.90 Å². The third kappa shape index (κ3) is 6.17. The number of aromatic hydroxyl groups is 1. The lowest BCUT2D eigenvalue weighted by Gasteiger charge is -2.36. The van der Waals surface area contributed by atoms with Gasteiger partial charge in [0.1, 0.15) is 12.0 Å². The van der Waals surface area contributed by atoms with Crippen LogP contribution in [0.2, 0.25) is 0 Å². The van der Waals surface area contributed by atoms with E-state index in [1.165, 1.54) is 29.4 Å². The predicted molar refractivity (Wildman–Crippen MR) is 262 cm³/mol. The van der Waals surface area contributed by atoms with Crippen molar-refractivity contribution in [1.82, 2.24) is 4.57 Å². The molecular formula is C58H50N2O2. The number of aldehydes is 1. The molecule has 62 heavy (non-hydrogen) atoms. The van der Waals surface area contributed by atoms with Crippen molar-refractivity contribution >= 4 is 51.6 Å². The van der Waals surface area contributed by atoms with Crippen molar-refractivity contribution in [2.75, 3.05) is 4.90 Å². The monoisotopic (exact) mass is 806 g/mol. The van der Waals surface area contributed by atoms with E-state index in [4.69, 9.17) is 0 Å². The van der Waals surface area contributed by atoms with E-state index < -0.39 is 5.41 Å². The fraction of sp³-hybridized carbons (Fsp3) is 0.121. The lowest BCUT2D eigenvalue weighted by atomic mass is 9.66. The minimum atomic E-state index is -1.01.